The van der Waals surface area contributed by atoms with Gasteiger partial charge < -0.3 is 10.8 Å². The first kappa shape index (κ1) is 12.9. The minimum atomic E-state index is -0.909. The van der Waals surface area contributed by atoms with Crippen molar-refractivity contribution in [3.8, 4) is 0 Å². The minimum Gasteiger partial charge on any atom is -0.481 e. The van der Waals surface area contributed by atoms with E-state index in [4.69, 9.17) is 10.8 Å². The fourth-order valence-electron chi connectivity index (χ4n) is 1.44. The van der Waals surface area contributed by atoms with Gasteiger partial charge in [0.15, 0.2) is 0 Å². The van der Waals surface area contributed by atoms with E-state index in [1.165, 1.54) is 0 Å². The largest absolute Gasteiger partial charge is 0.481 e. The summed E-state index contributed by atoms with van der Waals surface area (Å²) in [4.78, 5) is 11.0. The summed E-state index contributed by atoms with van der Waals surface area (Å²) in [6, 6.07) is 5.50. The van der Waals surface area contributed by atoms with Crippen LogP contribution in [0.3, 0.4) is 0 Å². The Balaban J connectivity index is 3.22. The molecule has 1 unspecified atom stereocenters. The van der Waals surface area contributed by atoms with Crippen LogP contribution < -0.4 is 5.73 Å². The SMILES string of the molecule is C=C(C)c1cc(Br)cc(C(CN)C(=O)O)c1. The Morgan fingerprint density at radius 1 is 1.56 bits per heavy atom. The Bertz CT molecular complexity index is 429. The van der Waals surface area contributed by atoms with Crippen LogP contribution in [-0.2, 0) is 4.79 Å². The number of rotatable bonds is 4. The summed E-state index contributed by atoms with van der Waals surface area (Å²) in [5, 5.41) is 9.03. The standard InChI is InChI=1S/C12H14BrNO2/c1-7(2)8-3-9(5-10(13)4-8)11(6-14)12(15)16/h3-5,11H,1,6,14H2,2H3,(H,15,16). The van der Waals surface area contributed by atoms with E-state index >= 15 is 0 Å². The zero-order valence-corrected chi connectivity index (χ0v) is 10.6. The fraction of sp³-hybridized carbons (Fsp3) is 0.250. The van der Waals surface area contributed by atoms with Crippen LogP contribution in [0.1, 0.15) is 24.0 Å². The van der Waals surface area contributed by atoms with E-state index in [1.807, 2.05) is 19.1 Å². The van der Waals surface area contributed by atoms with Gasteiger partial charge in [0.05, 0.1) is 5.92 Å². The van der Waals surface area contributed by atoms with E-state index < -0.39 is 11.9 Å². The molecule has 3 N–H and O–H groups in total. The number of nitrogens with two attached hydrogens (primary N) is 1. The lowest BCUT2D eigenvalue weighted by Crippen LogP contribution is -2.21. The van der Waals surface area contributed by atoms with Crippen LogP contribution in [0.15, 0.2) is 29.3 Å². The molecule has 0 bridgehead atoms. The second-order valence-electron chi connectivity index (χ2n) is 3.68. The molecular weight excluding hydrogens is 270 g/mol. The number of hydrogen-bond donors (Lipinski definition) is 2. The van der Waals surface area contributed by atoms with Gasteiger partial charge >= 0.3 is 5.97 Å². The van der Waals surface area contributed by atoms with E-state index in [9.17, 15) is 4.79 Å². The molecule has 1 atom stereocenters. The first-order valence-corrected chi connectivity index (χ1v) is 5.64. The average Bonchev–Trinajstić information content (AvgIpc) is 2.17. The lowest BCUT2D eigenvalue weighted by Gasteiger charge is -2.12. The molecule has 0 heterocycles. The van der Waals surface area contributed by atoms with Gasteiger partial charge in [-0.05, 0) is 30.2 Å². The number of aliphatic carboxylic acids is 1. The molecule has 3 nitrogen and oxygen atoms in total. The van der Waals surface area contributed by atoms with Crippen molar-refractivity contribution in [2.24, 2.45) is 5.73 Å². The van der Waals surface area contributed by atoms with Gasteiger partial charge in [-0.2, -0.15) is 0 Å². The van der Waals surface area contributed by atoms with Crippen molar-refractivity contribution < 1.29 is 9.90 Å². The van der Waals surface area contributed by atoms with Crippen LogP contribution >= 0.6 is 15.9 Å². The van der Waals surface area contributed by atoms with Gasteiger partial charge in [-0.25, -0.2) is 0 Å². The zero-order chi connectivity index (χ0) is 12.3. The maximum Gasteiger partial charge on any atom is 0.312 e. The summed E-state index contributed by atoms with van der Waals surface area (Å²) in [6.07, 6.45) is 0. The number of hydrogen-bond acceptors (Lipinski definition) is 2. The molecule has 4 heteroatoms. The maximum atomic E-state index is 11.0. The third-order valence-electron chi connectivity index (χ3n) is 2.35. The molecule has 0 amide bonds. The molecule has 0 spiro atoms. The van der Waals surface area contributed by atoms with Gasteiger partial charge in [-0.15, -0.1) is 0 Å². The third-order valence-corrected chi connectivity index (χ3v) is 2.81. The third kappa shape index (κ3) is 2.93. The number of carbonyl (C=O) groups is 1. The Morgan fingerprint density at radius 3 is 2.62 bits per heavy atom. The molecule has 0 saturated carbocycles. The highest BCUT2D eigenvalue weighted by molar-refractivity contribution is 9.10. The molecule has 16 heavy (non-hydrogen) atoms. The lowest BCUT2D eigenvalue weighted by molar-refractivity contribution is -0.138. The van der Waals surface area contributed by atoms with Gasteiger partial charge in [0.2, 0.25) is 0 Å². The molecule has 1 rings (SSSR count). The predicted octanol–water partition coefficient (Wildman–Crippen LogP) is 2.61. The predicted molar refractivity (Wildman–Crippen MR) is 68.3 cm³/mol. The van der Waals surface area contributed by atoms with Crippen molar-refractivity contribution in [3.05, 3.63) is 40.4 Å². The van der Waals surface area contributed by atoms with Crippen LogP contribution in [-0.4, -0.2) is 17.6 Å². The van der Waals surface area contributed by atoms with Crippen molar-refractivity contribution in [1.29, 1.82) is 0 Å². The van der Waals surface area contributed by atoms with Gasteiger partial charge in [0, 0.05) is 11.0 Å². The van der Waals surface area contributed by atoms with Gasteiger partial charge in [-0.3, -0.25) is 4.79 Å². The van der Waals surface area contributed by atoms with Crippen molar-refractivity contribution in [2.75, 3.05) is 6.54 Å². The summed E-state index contributed by atoms with van der Waals surface area (Å²) in [5.41, 5.74) is 7.97. The highest BCUT2D eigenvalue weighted by Crippen LogP contribution is 2.25. The molecular formula is C12H14BrNO2. The van der Waals surface area contributed by atoms with E-state index in [0.717, 1.165) is 15.6 Å². The fourth-order valence-corrected chi connectivity index (χ4v) is 1.95. The smallest absolute Gasteiger partial charge is 0.312 e. The Hall–Kier alpha value is -1.13. The zero-order valence-electron chi connectivity index (χ0n) is 9.03. The molecule has 0 aliphatic carbocycles. The molecule has 1 aromatic rings. The minimum absolute atomic E-state index is 0.0847. The molecule has 0 aliphatic heterocycles. The van der Waals surface area contributed by atoms with Crippen molar-refractivity contribution in [3.63, 3.8) is 0 Å². The van der Waals surface area contributed by atoms with Crippen LogP contribution in [0.25, 0.3) is 5.57 Å². The number of benzene rings is 1. The molecule has 0 aromatic heterocycles. The van der Waals surface area contributed by atoms with E-state index in [-0.39, 0.29) is 6.54 Å². The normalized spacial score (nSPS) is 12.2. The number of carboxylic acid groups (broad SMARTS) is 1. The second-order valence-corrected chi connectivity index (χ2v) is 4.60. The van der Waals surface area contributed by atoms with Gasteiger partial charge in [0.25, 0.3) is 0 Å². The van der Waals surface area contributed by atoms with Crippen LogP contribution in [0, 0.1) is 0 Å². The highest BCUT2D eigenvalue weighted by atomic mass is 79.9. The first-order valence-electron chi connectivity index (χ1n) is 4.85. The molecule has 1 aromatic carbocycles. The van der Waals surface area contributed by atoms with Crippen LogP contribution in [0.2, 0.25) is 0 Å². The second kappa shape index (κ2) is 5.27. The van der Waals surface area contributed by atoms with Crippen molar-refractivity contribution >= 4 is 27.5 Å². The molecule has 0 saturated heterocycles. The van der Waals surface area contributed by atoms with Gasteiger partial charge in [0.1, 0.15) is 0 Å². The van der Waals surface area contributed by atoms with Gasteiger partial charge in [-0.1, -0.05) is 34.1 Å². The average molecular weight is 284 g/mol. The monoisotopic (exact) mass is 283 g/mol. The van der Waals surface area contributed by atoms with Crippen LogP contribution in [0.5, 0.6) is 0 Å². The Morgan fingerprint density at radius 2 is 2.19 bits per heavy atom. The molecule has 86 valence electrons. The number of allylic oxidation sites excluding steroid dienone is 1. The van der Waals surface area contributed by atoms with E-state index in [1.54, 1.807) is 6.07 Å². The number of halogens is 1. The topological polar surface area (TPSA) is 63.3 Å². The first-order chi connectivity index (χ1) is 7.45. The lowest BCUT2D eigenvalue weighted by atomic mass is 9.96. The molecule has 0 aliphatic rings. The molecule has 0 fully saturated rings. The van der Waals surface area contributed by atoms with Crippen LogP contribution in [0.4, 0.5) is 0 Å². The highest BCUT2D eigenvalue weighted by Gasteiger charge is 2.18. The summed E-state index contributed by atoms with van der Waals surface area (Å²) < 4.78 is 0.836. The maximum absolute atomic E-state index is 11.0. The molecule has 0 radical (unpaired) electrons. The Labute approximate surface area is 103 Å². The summed E-state index contributed by atoms with van der Waals surface area (Å²) in [5.74, 6) is -1.58. The Kier molecular flexibility index (Phi) is 4.26. The summed E-state index contributed by atoms with van der Waals surface area (Å²) in [7, 11) is 0. The summed E-state index contributed by atoms with van der Waals surface area (Å²) in [6.45, 7) is 5.80. The van der Waals surface area contributed by atoms with E-state index in [0.29, 0.717) is 5.56 Å². The van der Waals surface area contributed by atoms with Crippen molar-refractivity contribution in [1.82, 2.24) is 0 Å². The number of carboxylic acids is 1. The van der Waals surface area contributed by atoms with E-state index in [2.05, 4.69) is 22.5 Å². The van der Waals surface area contributed by atoms with Crippen molar-refractivity contribution in [2.45, 2.75) is 12.8 Å². The quantitative estimate of drug-likeness (QED) is 0.893. The summed E-state index contributed by atoms with van der Waals surface area (Å²) >= 11 is 3.35.